The Labute approximate surface area is 139 Å². The molecule has 0 fully saturated rings. The first-order valence-electron chi connectivity index (χ1n) is 7.58. The second-order valence-corrected chi connectivity index (χ2v) is 6.35. The molecule has 1 aliphatic rings. The van der Waals surface area contributed by atoms with Crippen LogP contribution in [-0.2, 0) is 16.0 Å². The molecule has 0 aliphatic carbocycles. The first kappa shape index (κ1) is 15.6. The maximum atomic E-state index is 12.3. The molecule has 2 amide bonds. The molecule has 1 N–H and O–H groups in total. The zero-order valence-electron chi connectivity index (χ0n) is 12.9. The predicted octanol–water partition coefficient (Wildman–Crippen LogP) is 3.33. The largest absolute Gasteiger partial charge is 0.325 e. The molecule has 4 nitrogen and oxygen atoms in total. The zero-order valence-corrected chi connectivity index (χ0v) is 13.7. The first-order chi connectivity index (χ1) is 11.2. The molecule has 0 bridgehead atoms. The van der Waals surface area contributed by atoms with E-state index >= 15 is 0 Å². The van der Waals surface area contributed by atoms with Crippen LogP contribution in [0.1, 0.15) is 12.5 Å². The van der Waals surface area contributed by atoms with Crippen molar-refractivity contribution in [2.24, 2.45) is 0 Å². The molecule has 0 saturated carbocycles. The monoisotopic (exact) mass is 326 g/mol. The smallest absolute Gasteiger partial charge is 0.244 e. The van der Waals surface area contributed by atoms with Crippen molar-refractivity contribution < 1.29 is 9.59 Å². The molecule has 2 aromatic carbocycles. The van der Waals surface area contributed by atoms with Gasteiger partial charge in [0.25, 0.3) is 0 Å². The number of aryl methyl sites for hydroxylation is 1. The fourth-order valence-electron chi connectivity index (χ4n) is 2.50. The van der Waals surface area contributed by atoms with E-state index in [-0.39, 0.29) is 18.4 Å². The van der Waals surface area contributed by atoms with Gasteiger partial charge in [0.2, 0.25) is 11.8 Å². The van der Waals surface area contributed by atoms with Crippen molar-refractivity contribution in [2.75, 3.05) is 22.5 Å². The minimum Gasteiger partial charge on any atom is -0.325 e. The summed E-state index contributed by atoms with van der Waals surface area (Å²) in [6, 6.07) is 15.4. The minimum atomic E-state index is -0.190. The Morgan fingerprint density at radius 2 is 1.91 bits per heavy atom. The fraction of sp³-hybridized carbons (Fsp3) is 0.222. The summed E-state index contributed by atoms with van der Waals surface area (Å²) in [6.07, 6.45) is 0.963. The topological polar surface area (TPSA) is 49.4 Å². The van der Waals surface area contributed by atoms with Crippen LogP contribution < -0.4 is 10.2 Å². The Morgan fingerprint density at radius 1 is 1.17 bits per heavy atom. The molecule has 118 valence electrons. The van der Waals surface area contributed by atoms with Crippen molar-refractivity contribution in [3.8, 4) is 0 Å². The van der Waals surface area contributed by atoms with E-state index in [0.717, 1.165) is 22.7 Å². The number of hydrogen-bond donors (Lipinski definition) is 1. The van der Waals surface area contributed by atoms with Gasteiger partial charge in [-0.2, -0.15) is 0 Å². The molecule has 23 heavy (non-hydrogen) atoms. The molecule has 1 aliphatic heterocycles. The van der Waals surface area contributed by atoms with Crippen molar-refractivity contribution in [3.63, 3.8) is 0 Å². The lowest BCUT2D eigenvalue weighted by Gasteiger charge is -2.28. The summed E-state index contributed by atoms with van der Waals surface area (Å²) in [6.45, 7) is 2.12. The molecule has 3 rings (SSSR count). The van der Waals surface area contributed by atoms with Crippen LogP contribution >= 0.6 is 11.8 Å². The summed E-state index contributed by atoms with van der Waals surface area (Å²) in [5.41, 5.74) is 2.78. The molecular weight excluding hydrogens is 308 g/mol. The molecule has 0 radical (unpaired) electrons. The van der Waals surface area contributed by atoms with Gasteiger partial charge in [0, 0.05) is 10.6 Å². The summed E-state index contributed by atoms with van der Waals surface area (Å²) < 4.78 is 0. The highest BCUT2D eigenvalue weighted by molar-refractivity contribution is 8.00. The van der Waals surface area contributed by atoms with E-state index in [9.17, 15) is 9.59 Å². The molecule has 0 aromatic heterocycles. The van der Waals surface area contributed by atoms with Crippen LogP contribution in [0.5, 0.6) is 0 Å². The molecule has 0 saturated heterocycles. The Hall–Kier alpha value is -2.27. The number of nitrogens with zero attached hydrogens (tertiary/aromatic N) is 1. The van der Waals surface area contributed by atoms with Crippen LogP contribution in [0.4, 0.5) is 11.4 Å². The molecule has 1 heterocycles. The summed E-state index contributed by atoms with van der Waals surface area (Å²) in [5, 5.41) is 2.85. The number of para-hydroxylation sites is 1. The molecule has 0 unspecified atom stereocenters. The van der Waals surface area contributed by atoms with E-state index in [1.807, 2.05) is 48.5 Å². The van der Waals surface area contributed by atoms with E-state index < -0.39 is 0 Å². The van der Waals surface area contributed by atoms with Crippen molar-refractivity contribution in [2.45, 2.75) is 18.2 Å². The maximum Gasteiger partial charge on any atom is 0.244 e. The Balaban J connectivity index is 1.71. The number of benzene rings is 2. The van der Waals surface area contributed by atoms with Crippen molar-refractivity contribution in [3.05, 3.63) is 54.1 Å². The third-order valence-corrected chi connectivity index (χ3v) is 4.80. The van der Waals surface area contributed by atoms with E-state index in [4.69, 9.17) is 0 Å². The number of thioether (sulfide) groups is 1. The Bertz CT molecular complexity index is 728. The van der Waals surface area contributed by atoms with E-state index in [1.165, 1.54) is 17.3 Å². The van der Waals surface area contributed by atoms with Crippen LogP contribution in [0, 0.1) is 0 Å². The number of nitrogens with one attached hydrogen (secondary N) is 1. The standard InChI is InChI=1S/C18H18N2O2S/c1-2-13-7-9-14(10-8-13)19-17(21)11-20-15-5-3-4-6-16(15)23-12-18(20)22/h3-10H,2,11-12H2,1H3,(H,19,21). The Kier molecular flexibility index (Phi) is 4.67. The summed E-state index contributed by atoms with van der Waals surface area (Å²) in [7, 11) is 0. The van der Waals surface area contributed by atoms with Gasteiger partial charge in [0.05, 0.1) is 11.4 Å². The number of fused-ring (bicyclic) bond motifs is 1. The van der Waals surface area contributed by atoms with Gasteiger partial charge in [0.15, 0.2) is 0 Å². The number of amides is 2. The number of rotatable bonds is 4. The average Bonchev–Trinajstić information content (AvgIpc) is 2.58. The molecule has 5 heteroatoms. The molecule has 2 aromatic rings. The van der Waals surface area contributed by atoms with E-state index in [1.54, 1.807) is 4.90 Å². The van der Waals surface area contributed by atoms with Gasteiger partial charge in [-0.1, -0.05) is 31.2 Å². The summed E-state index contributed by atoms with van der Waals surface area (Å²) >= 11 is 1.51. The van der Waals surface area contributed by atoms with Crippen LogP contribution in [0.15, 0.2) is 53.4 Å². The SMILES string of the molecule is CCc1ccc(NC(=O)CN2C(=O)CSc3ccccc32)cc1. The van der Waals surface area contributed by atoms with Gasteiger partial charge in [-0.3, -0.25) is 9.59 Å². The van der Waals surface area contributed by atoms with Crippen molar-refractivity contribution in [1.82, 2.24) is 0 Å². The van der Waals surface area contributed by atoms with Gasteiger partial charge in [-0.15, -0.1) is 11.8 Å². The van der Waals surface area contributed by atoms with Crippen LogP contribution in [0.3, 0.4) is 0 Å². The summed E-state index contributed by atoms with van der Waals surface area (Å²) in [4.78, 5) is 27.0. The average molecular weight is 326 g/mol. The molecule has 0 spiro atoms. The minimum absolute atomic E-state index is 0.0337. The fourth-order valence-corrected chi connectivity index (χ4v) is 3.43. The molecular formula is C18H18N2O2S. The van der Waals surface area contributed by atoms with Gasteiger partial charge in [-0.05, 0) is 36.2 Å². The van der Waals surface area contributed by atoms with E-state index in [0.29, 0.717) is 5.75 Å². The number of carbonyl (C=O) groups is 2. The van der Waals surface area contributed by atoms with Gasteiger partial charge in [0.1, 0.15) is 6.54 Å². The highest BCUT2D eigenvalue weighted by atomic mass is 32.2. The van der Waals surface area contributed by atoms with Gasteiger partial charge < -0.3 is 10.2 Å². The quantitative estimate of drug-likeness (QED) is 0.937. The predicted molar refractivity (Wildman–Crippen MR) is 94.0 cm³/mol. The highest BCUT2D eigenvalue weighted by Gasteiger charge is 2.26. The zero-order chi connectivity index (χ0) is 16.2. The second kappa shape index (κ2) is 6.87. The van der Waals surface area contributed by atoms with Crippen LogP contribution in [-0.4, -0.2) is 24.1 Å². The lowest BCUT2D eigenvalue weighted by molar-refractivity contribution is -0.120. The number of anilines is 2. The van der Waals surface area contributed by atoms with Crippen LogP contribution in [0.25, 0.3) is 0 Å². The number of hydrogen-bond acceptors (Lipinski definition) is 3. The first-order valence-corrected chi connectivity index (χ1v) is 8.57. The lowest BCUT2D eigenvalue weighted by Crippen LogP contribution is -2.41. The van der Waals surface area contributed by atoms with Crippen molar-refractivity contribution >= 4 is 35.0 Å². The van der Waals surface area contributed by atoms with E-state index in [2.05, 4.69) is 12.2 Å². The lowest BCUT2D eigenvalue weighted by atomic mass is 10.1. The normalized spacial score (nSPS) is 13.6. The molecule has 0 atom stereocenters. The maximum absolute atomic E-state index is 12.3. The van der Waals surface area contributed by atoms with Gasteiger partial charge in [-0.25, -0.2) is 0 Å². The third-order valence-electron chi connectivity index (χ3n) is 3.76. The number of carbonyl (C=O) groups excluding carboxylic acids is 2. The van der Waals surface area contributed by atoms with Gasteiger partial charge >= 0.3 is 0 Å². The summed E-state index contributed by atoms with van der Waals surface area (Å²) in [5.74, 6) is 0.143. The third kappa shape index (κ3) is 3.56. The highest BCUT2D eigenvalue weighted by Crippen LogP contribution is 2.34. The van der Waals surface area contributed by atoms with Crippen LogP contribution in [0.2, 0.25) is 0 Å². The second-order valence-electron chi connectivity index (χ2n) is 5.33. The van der Waals surface area contributed by atoms with Crippen molar-refractivity contribution in [1.29, 1.82) is 0 Å². The Morgan fingerprint density at radius 3 is 2.65 bits per heavy atom.